The molecule has 0 rings (SSSR count). The molecule has 0 aliphatic carbocycles. The summed E-state index contributed by atoms with van der Waals surface area (Å²) >= 11 is 0. The van der Waals surface area contributed by atoms with E-state index in [1.165, 1.54) is 49.8 Å². The summed E-state index contributed by atoms with van der Waals surface area (Å²) in [4.78, 5) is 25.0. The second-order valence-corrected chi connectivity index (χ2v) is 8.93. The zero-order valence-electron chi connectivity index (χ0n) is 20.7. The molecule has 7 nitrogen and oxygen atoms in total. The molecule has 0 saturated heterocycles. The summed E-state index contributed by atoms with van der Waals surface area (Å²) in [5.74, 6) is -0.145. The molecule has 0 saturated carbocycles. The summed E-state index contributed by atoms with van der Waals surface area (Å²) < 4.78 is 21.3. The summed E-state index contributed by atoms with van der Waals surface area (Å²) in [6.07, 6.45) is 11.2. The molecule has 0 spiro atoms. The highest BCUT2D eigenvalue weighted by molar-refractivity contribution is 5.69. The molecule has 184 valence electrons. The molecule has 0 aliphatic rings. The largest absolute Gasteiger partial charge is 0.463 e. The van der Waals surface area contributed by atoms with Crippen LogP contribution in [0.4, 0.5) is 4.79 Å². The van der Waals surface area contributed by atoms with E-state index in [1.807, 2.05) is 20.8 Å². The first-order valence-electron chi connectivity index (χ1n) is 12.0. The Hall–Kier alpha value is -1.34. The summed E-state index contributed by atoms with van der Waals surface area (Å²) in [5, 5.41) is 0. The Morgan fingerprint density at radius 2 is 1.26 bits per heavy atom. The second kappa shape index (κ2) is 19.4. The summed E-state index contributed by atoms with van der Waals surface area (Å²) in [5.41, 5.74) is -0.503. The van der Waals surface area contributed by atoms with Crippen LogP contribution in [0.2, 0.25) is 0 Å². The van der Waals surface area contributed by atoms with Crippen molar-refractivity contribution < 1.29 is 28.5 Å². The van der Waals surface area contributed by atoms with E-state index >= 15 is 0 Å². The van der Waals surface area contributed by atoms with Crippen LogP contribution in [-0.4, -0.2) is 69.2 Å². The Labute approximate surface area is 190 Å². The maximum atomic E-state index is 11.8. The third-order valence-corrected chi connectivity index (χ3v) is 4.62. The van der Waals surface area contributed by atoms with Crippen molar-refractivity contribution in [1.82, 2.24) is 4.90 Å². The van der Waals surface area contributed by atoms with Crippen molar-refractivity contribution in [2.75, 3.05) is 46.6 Å². The number of carbonyl (C=O) groups is 2. The lowest BCUT2D eigenvalue weighted by Gasteiger charge is -2.24. The first kappa shape index (κ1) is 29.7. The quantitative estimate of drug-likeness (QED) is 0.197. The number of amides is 1. The standard InChI is InChI=1S/C24H47NO6/c1-6-7-8-9-10-11-12-13-14-15-22(26)30-21-20-29-19-18-28-17-16-25(5)23(27)31-24(2,3)4/h6-21H2,1-5H3. The van der Waals surface area contributed by atoms with E-state index in [0.717, 1.165) is 12.8 Å². The number of ether oxygens (including phenoxy) is 4. The first-order valence-corrected chi connectivity index (χ1v) is 12.0. The molecule has 0 N–H and O–H groups in total. The van der Waals surface area contributed by atoms with Gasteiger partial charge in [0.15, 0.2) is 0 Å². The van der Waals surface area contributed by atoms with Crippen LogP contribution in [0.15, 0.2) is 0 Å². The zero-order chi connectivity index (χ0) is 23.4. The molecule has 31 heavy (non-hydrogen) atoms. The van der Waals surface area contributed by atoms with Crippen molar-refractivity contribution in [3.63, 3.8) is 0 Å². The van der Waals surface area contributed by atoms with Gasteiger partial charge in [0.2, 0.25) is 0 Å². The maximum Gasteiger partial charge on any atom is 0.410 e. The lowest BCUT2D eigenvalue weighted by molar-refractivity contribution is -0.145. The summed E-state index contributed by atoms with van der Waals surface area (Å²) in [6.45, 7) is 10.1. The maximum absolute atomic E-state index is 11.8. The van der Waals surface area contributed by atoms with E-state index in [1.54, 1.807) is 7.05 Å². The van der Waals surface area contributed by atoms with Crippen molar-refractivity contribution in [3.05, 3.63) is 0 Å². The zero-order valence-corrected chi connectivity index (χ0v) is 20.7. The van der Waals surface area contributed by atoms with Crippen molar-refractivity contribution in [1.29, 1.82) is 0 Å². The van der Waals surface area contributed by atoms with Gasteiger partial charge in [-0.2, -0.15) is 0 Å². The smallest absolute Gasteiger partial charge is 0.410 e. The molecule has 0 aromatic carbocycles. The molecule has 0 aromatic heterocycles. The Balaban J connectivity index is 3.38. The highest BCUT2D eigenvalue weighted by Gasteiger charge is 2.19. The molecule has 0 aliphatic heterocycles. The summed E-state index contributed by atoms with van der Waals surface area (Å²) in [6, 6.07) is 0. The first-order chi connectivity index (χ1) is 14.8. The monoisotopic (exact) mass is 445 g/mol. The number of nitrogens with zero attached hydrogens (tertiary/aromatic N) is 1. The van der Waals surface area contributed by atoms with Crippen LogP contribution in [0.1, 0.15) is 91.9 Å². The molecule has 0 unspecified atom stereocenters. The van der Waals surface area contributed by atoms with Crippen LogP contribution in [0.25, 0.3) is 0 Å². The number of rotatable bonds is 19. The molecule has 0 aromatic rings. The van der Waals surface area contributed by atoms with Crippen LogP contribution in [0, 0.1) is 0 Å². The Bertz CT molecular complexity index is 450. The fourth-order valence-corrected chi connectivity index (χ4v) is 2.82. The number of unbranched alkanes of at least 4 members (excludes halogenated alkanes) is 8. The van der Waals surface area contributed by atoms with E-state index in [9.17, 15) is 9.59 Å². The highest BCUT2D eigenvalue weighted by Crippen LogP contribution is 2.11. The predicted octanol–water partition coefficient (Wildman–Crippen LogP) is 5.35. The van der Waals surface area contributed by atoms with E-state index < -0.39 is 5.60 Å². The number of likely N-dealkylation sites (N-methyl/N-ethyl adjacent to an activating group) is 1. The normalized spacial score (nSPS) is 11.4. The van der Waals surface area contributed by atoms with Gasteiger partial charge in [0.25, 0.3) is 0 Å². The van der Waals surface area contributed by atoms with Crippen LogP contribution in [-0.2, 0) is 23.7 Å². The molecule has 0 heterocycles. The van der Waals surface area contributed by atoms with Crippen LogP contribution in [0.3, 0.4) is 0 Å². The van der Waals surface area contributed by atoms with Gasteiger partial charge in [-0.1, -0.05) is 58.3 Å². The minimum absolute atomic E-state index is 0.145. The minimum Gasteiger partial charge on any atom is -0.463 e. The fourth-order valence-electron chi connectivity index (χ4n) is 2.82. The molecular formula is C24H47NO6. The van der Waals surface area contributed by atoms with E-state index in [2.05, 4.69) is 6.92 Å². The van der Waals surface area contributed by atoms with Gasteiger partial charge in [-0.25, -0.2) is 4.79 Å². The number of esters is 1. The van der Waals surface area contributed by atoms with Crippen LogP contribution >= 0.6 is 0 Å². The van der Waals surface area contributed by atoms with Gasteiger partial charge in [0, 0.05) is 20.0 Å². The van der Waals surface area contributed by atoms with E-state index in [4.69, 9.17) is 18.9 Å². The fraction of sp³-hybridized carbons (Fsp3) is 0.917. The third kappa shape index (κ3) is 21.7. The minimum atomic E-state index is -0.503. The number of carbonyl (C=O) groups excluding carboxylic acids is 2. The molecular weight excluding hydrogens is 398 g/mol. The van der Waals surface area contributed by atoms with Crippen LogP contribution < -0.4 is 0 Å². The van der Waals surface area contributed by atoms with Gasteiger partial charge in [-0.15, -0.1) is 0 Å². The highest BCUT2D eigenvalue weighted by atomic mass is 16.6. The molecule has 7 heteroatoms. The summed E-state index contributed by atoms with van der Waals surface area (Å²) in [7, 11) is 1.68. The average molecular weight is 446 g/mol. The number of hydrogen-bond donors (Lipinski definition) is 0. The van der Waals surface area contributed by atoms with Crippen LogP contribution in [0.5, 0.6) is 0 Å². The lowest BCUT2D eigenvalue weighted by Crippen LogP contribution is -2.36. The van der Waals surface area contributed by atoms with Gasteiger partial charge in [-0.3, -0.25) is 4.79 Å². The van der Waals surface area contributed by atoms with Gasteiger partial charge < -0.3 is 23.8 Å². The van der Waals surface area contributed by atoms with Gasteiger partial charge in [0.1, 0.15) is 12.2 Å². The molecule has 0 bridgehead atoms. The van der Waals surface area contributed by atoms with Crippen molar-refractivity contribution in [2.45, 2.75) is 97.5 Å². The van der Waals surface area contributed by atoms with Crippen molar-refractivity contribution >= 4 is 12.1 Å². The Morgan fingerprint density at radius 3 is 1.84 bits per heavy atom. The van der Waals surface area contributed by atoms with E-state index in [0.29, 0.717) is 39.4 Å². The Morgan fingerprint density at radius 1 is 0.742 bits per heavy atom. The van der Waals surface area contributed by atoms with Gasteiger partial charge >= 0.3 is 12.1 Å². The SMILES string of the molecule is CCCCCCCCCCCC(=O)OCCOCCOCCN(C)C(=O)OC(C)(C)C. The predicted molar refractivity (Wildman–Crippen MR) is 123 cm³/mol. The lowest BCUT2D eigenvalue weighted by atomic mass is 10.1. The molecule has 0 radical (unpaired) electrons. The molecule has 1 amide bonds. The Kier molecular flexibility index (Phi) is 18.5. The molecule has 0 atom stereocenters. The number of hydrogen-bond acceptors (Lipinski definition) is 6. The van der Waals surface area contributed by atoms with Crippen molar-refractivity contribution in [2.24, 2.45) is 0 Å². The van der Waals surface area contributed by atoms with E-state index in [-0.39, 0.29) is 18.7 Å². The van der Waals surface area contributed by atoms with Gasteiger partial charge in [0.05, 0.1) is 26.4 Å². The second-order valence-electron chi connectivity index (χ2n) is 8.93. The molecule has 0 fully saturated rings. The average Bonchev–Trinajstić information content (AvgIpc) is 2.69. The van der Waals surface area contributed by atoms with Crippen molar-refractivity contribution in [3.8, 4) is 0 Å². The van der Waals surface area contributed by atoms with Gasteiger partial charge in [-0.05, 0) is 27.2 Å². The third-order valence-electron chi connectivity index (χ3n) is 4.62. The topological polar surface area (TPSA) is 74.3 Å².